The van der Waals surface area contributed by atoms with E-state index in [1.807, 2.05) is 39.0 Å². The van der Waals surface area contributed by atoms with E-state index in [0.717, 1.165) is 5.56 Å². The lowest BCUT2D eigenvalue weighted by molar-refractivity contribution is -0.123. The predicted molar refractivity (Wildman–Crippen MR) is 66.6 cm³/mol. The van der Waals surface area contributed by atoms with Crippen molar-refractivity contribution in [2.24, 2.45) is 11.0 Å². The molecule has 0 atom stereocenters. The fraction of sp³-hybridized carbons (Fsp3) is 0.333. The number of nitrogens with zero attached hydrogens (tertiary/aromatic N) is 1. The highest BCUT2D eigenvalue weighted by atomic mass is 35.5. The lowest BCUT2D eigenvalue weighted by atomic mass is 10.1. The standard InChI is InChI=1S/C12H15ClN2O/c1-8(2)12(16)15-14-9(3)10-6-4-5-7-11(10)13/h4-8H,1-3H3,(H,15,16). The maximum absolute atomic E-state index is 11.3. The van der Waals surface area contributed by atoms with Gasteiger partial charge in [0.2, 0.25) is 5.91 Å². The van der Waals surface area contributed by atoms with Crippen molar-refractivity contribution in [1.29, 1.82) is 0 Å². The van der Waals surface area contributed by atoms with Gasteiger partial charge in [-0.1, -0.05) is 43.6 Å². The quantitative estimate of drug-likeness (QED) is 0.639. The van der Waals surface area contributed by atoms with Gasteiger partial charge < -0.3 is 0 Å². The third kappa shape index (κ3) is 3.35. The maximum atomic E-state index is 11.3. The van der Waals surface area contributed by atoms with Gasteiger partial charge in [0.15, 0.2) is 0 Å². The van der Waals surface area contributed by atoms with E-state index in [-0.39, 0.29) is 11.8 Å². The van der Waals surface area contributed by atoms with Gasteiger partial charge in [0.25, 0.3) is 0 Å². The minimum Gasteiger partial charge on any atom is -0.273 e. The normalized spacial score (nSPS) is 11.7. The van der Waals surface area contributed by atoms with E-state index in [0.29, 0.717) is 10.7 Å². The number of amides is 1. The first-order chi connectivity index (χ1) is 7.52. The monoisotopic (exact) mass is 238 g/mol. The Morgan fingerprint density at radius 2 is 2.00 bits per heavy atom. The van der Waals surface area contributed by atoms with E-state index in [1.165, 1.54) is 0 Å². The van der Waals surface area contributed by atoms with Crippen LogP contribution in [0.3, 0.4) is 0 Å². The van der Waals surface area contributed by atoms with E-state index in [1.54, 1.807) is 6.07 Å². The third-order valence-electron chi connectivity index (χ3n) is 2.12. The number of hydrogen-bond donors (Lipinski definition) is 1. The zero-order valence-corrected chi connectivity index (χ0v) is 10.4. The predicted octanol–water partition coefficient (Wildman–Crippen LogP) is 2.84. The number of hydrazone groups is 1. The van der Waals surface area contributed by atoms with Crippen molar-refractivity contribution in [1.82, 2.24) is 5.43 Å². The van der Waals surface area contributed by atoms with Crippen molar-refractivity contribution < 1.29 is 4.79 Å². The van der Waals surface area contributed by atoms with Gasteiger partial charge in [0.1, 0.15) is 0 Å². The zero-order valence-electron chi connectivity index (χ0n) is 9.62. The molecule has 1 rings (SSSR count). The highest BCUT2D eigenvalue weighted by Gasteiger charge is 2.06. The SMILES string of the molecule is CC(=NNC(=O)C(C)C)c1ccccc1Cl. The van der Waals surface area contributed by atoms with Crippen LogP contribution in [0.15, 0.2) is 29.4 Å². The summed E-state index contributed by atoms with van der Waals surface area (Å²) in [6.45, 7) is 5.44. The molecule has 4 heteroatoms. The molecule has 1 aromatic rings. The Labute approximate surface area is 101 Å². The van der Waals surface area contributed by atoms with Crippen molar-refractivity contribution in [2.75, 3.05) is 0 Å². The van der Waals surface area contributed by atoms with Gasteiger partial charge >= 0.3 is 0 Å². The number of carbonyl (C=O) groups is 1. The van der Waals surface area contributed by atoms with Crippen molar-refractivity contribution in [2.45, 2.75) is 20.8 Å². The molecule has 0 aliphatic heterocycles. The topological polar surface area (TPSA) is 41.5 Å². The van der Waals surface area contributed by atoms with Crippen LogP contribution in [-0.4, -0.2) is 11.6 Å². The molecule has 1 aromatic carbocycles. The number of hydrogen-bond acceptors (Lipinski definition) is 2. The van der Waals surface area contributed by atoms with Crippen LogP contribution in [-0.2, 0) is 4.79 Å². The van der Waals surface area contributed by atoms with Crippen molar-refractivity contribution >= 4 is 23.2 Å². The van der Waals surface area contributed by atoms with Gasteiger partial charge in [-0.2, -0.15) is 5.10 Å². The fourth-order valence-corrected chi connectivity index (χ4v) is 1.36. The molecule has 0 heterocycles. The summed E-state index contributed by atoms with van der Waals surface area (Å²) in [4.78, 5) is 11.3. The van der Waals surface area contributed by atoms with Gasteiger partial charge in [-0.25, -0.2) is 5.43 Å². The second kappa shape index (κ2) is 5.66. The second-order valence-electron chi connectivity index (χ2n) is 3.81. The molecule has 0 bridgehead atoms. The molecular weight excluding hydrogens is 224 g/mol. The Morgan fingerprint density at radius 3 is 2.56 bits per heavy atom. The molecule has 0 unspecified atom stereocenters. The lowest BCUT2D eigenvalue weighted by Crippen LogP contribution is -2.24. The van der Waals surface area contributed by atoms with Crippen LogP contribution in [0, 0.1) is 5.92 Å². The molecule has 1 N–H and O–H groups in total. The number of carbonyl (C=O) groups excluding carboxylic acids is 1. The Morgan fingerprint density at radius 1 is 1.38 bits per heavy atom. The average Bonchev–Trinajstić information content (AvgIpc) is 2.25. The molecule has 0 radical (unpaired) electrons. The molecule has 0 fully saturated rings. The van der Waals surface area contributed by atoms with E-state index in [4.69, 9.17) is 11.6 Å². The molecule has 16 heavy (non-hydrogen) atoms. The first-order valence-electron chi connectivity index (χ1n) is 5.11. The molecule has 86 valence electrons. The van der Waals surface area contributed by atoms with Crippen molar-refractivity contribution in [3.63, 3.8) is 0 Å². The first kappa shape index (κ1) is 12.7. The van der Waals surface area contributed by atoms with Crippen molar-refractivity contribution in [3.8, 4) is 0 Å². The van der Waals surface area contributed by atoms with Gasteiger partial charge in [0.05, 0.1) is 5.71 Å². The summed E-state index contributed by atoms with van der Waals surface area (Å²) in [5.41, 5.74) is 4.02. The largest absolute Gasteiger partial charge is 0.273 e. The van der Waals surface area contributed by atoms with Gasteiger partial charge in [-0.05, 0) is 13.0 Å². The van der Waals surface area contributed by atoms with Crippen LogP contribution >= 0.6 is 11.6 Å². The third-order valence-corrected chi connectivity index (χ3v) is 2.45. The first-order valence-corrected chi connectivity index (χ1v) is 5.49. The van der Waals surface area contributed by atoms with Gasteiger partial charge in [0, 0.05) is 16.5 Å². The van der Waals surface area contributed by atoms with Crippen LogP contribution < -0.4 is 5.43 Å². The molecule has 0 aliphatic rings. The summed E-state index contributed by atoms with van der Waals surface area (Å²) >= 11 is 6.00. The summed E-state index contributed by atoms with van der Waals surface area (Å²) in [5, 5.41) is 4.64. The molecule has 3 nitrogen and oxygen atoms in total. The maximum Gasteiger partial charge on any atom is 0.242 e. The summed E-state index contributed by atoms with van der Waals surface area (Å²) in [6, 6.07) is 7.39. The second-order valence-corrected chi connectivity index (χ2v) is 4.22. The molecule has 0 saturated carbocycles. The molecule has 1 amide bonds. The molecule has 0 spiro atoms. The Kier molecular flexibility index (Phi) is 4.50. The Bertz CT molecular complexity index is 413. The van der Waals surface area contributed by atoms with E-state index >= 15 is 0 Å². The minimum atomic E-state index is -0.105. The van der Waals surface area contributed by atoms with E-state index in [2.05, 4.69) is 10.5 Å². The zero-order chi connectivity index (χ0) is 12.1. The highest BCUT2D eigenvalue weighted by molar-refractivity contribution is 6.34. The Balaban J connectivity index is 2.79. The number of benzene rings is 1. The molecule has 0 saturated heterocycles. The average molecular weight is 239 g/mol. The van der Waals surface area contributed by atoms with E-state index < -0.39 is 0 Å². The van der Waals surface area contributed by atoms with E-state index in [9.17, 15) is 4.79 Å². The lowest BCUT2D eigenvalue weighted by Gasteiger charge is -2.05. The van der Waals surface area contributed by atoms with Gasteiger partial charge in [-0.15, -0.1) is 0 Å². The molecule has 0 aliphatic carbocycles. The highest BCUT2D eigenvalue weighted by Crippen LogP contribution is 2.15. The number of nitrogens with one attached hydrogen (secondary N) is 1. The summed E-state index contributed by atoms with van der Waals surface area (Å²) in [7, 11) is 0. The number of rotatable bonds is 3. The van der Waals surface area contributed by atoms with Crippen LogP contribution in [0.2, 0.25) is 5.02 Å². The molecule has 0 aromatic heterocycles. The fourth-order valence-electron chi connectivity index (χ4n) is 1.08. The van der Waals surface area contributed by atoms with Gasteiger partial charge in [-0.3, -0.25) is 4.79 Å². The smallest absolute Gasteiger partial charge is 0.242 e. The van der Waals surface area contributed by atoms with Crippen LogP contribution in [0.4, 0.5) is 0 Å². The Hall–Kier alpha value is -1.35. The summed E-state index contributed by atoms with van der Waals surface area (Å²) < 4.78 is 0. The van der Waals surface area contributed by atoms with Crippen molar-refractivity contribution in [3.05, 3.63) is 34.9 Å². The van der Waals surface area contributed by atoms with Crippen LogP contribution in [0.5, 0.6) is 0 Å². The summed E-state index contributed by atoms with van der Waals surface area (Å²) in [5.74, 6) is -0.186. The minimum absolute atomic E-state index is 0.0807. The summed E-state index contributed by atoms with van der Waals surface area (Å²) in [6.07, 6.45) is 0. The molecular formula is C12H15ClN2O. The van der Waals surface area contributed by atoms with Crippen LogP contribution in [0.25, 0.3) is 0 Å². The van der Waals surface area contributed by atoms with Crippen LogP contribution in [0.1, 0.15) is 26.3 Å². The number of halogens is 1.